The summed E-state index contributed by atoms with van der Waals surface area (Å²) < 4.78 is 5.33. The third-order valence-corrected chi connectivity index (χ3v) is 5.33. The number of carbonyl (C=O) groups is 1. The lowest BCUT2D eigenvalue weighted by atomic mass is 9.84. The number of furan rings is 1. The predicted octanol–water partition coefficient (Wildman–Crippen LogP) is 0.931. The first-order valence-electron chi connectivity index (χ1n) is 9.74. The van der Waals surface area contributed by atoms with Crippen LogP contribution < -0.4 is 10.6 Å². The Kier molecular flexibility index (Phi) is 6.94. The van der Waals surface area contributed by atoms with Crippen molar-refractivity contribution < 1.29 is 9.21 Å². The highest BCUT2D eigenvalue weighted by molar-refractivity contribution is 5.80. The number of amides is 1. The Balaban J connectivity index is 1.27. The highest BCUT2D eigenvalue weighted by atomic mass is 16.3. The van der Waals surface area contributed by atoms with E-state index in [4.69, 9.17) is 4.42 Å². The maximum atomic E-state index is 12.3. The number of nitrogens with zero attached hydrogens (tertiary/aromatic N) is 3. The molecular formula is C19H31N5O2. The van der Waals surface area contributed by atoms with Gasteiger partial charge in [-0.25, -0.2) is 0 Å². The van der Waals surface area contributed by atoms with Gasteiger partial charge < -0.3 is 20.0 Å². The first-order chi connectivity index (χ1) is 12.8. The van der Waals surface area contributed by atoms with Crippen molar-refractivity contribution in [2.45, 2.75) is 25.7 Å². The number of hydrogen-bond acceptors (Lipinski definition) is 4. The largest absolute Gasteiger partial charge is 0.469 e. The lowest BCUT2D eigenvalue weighted by Gasteiger charge is -2.38. The molecule has 1 aliphatic carbocycles. The Morgan fingerprint density at radius 1 is 1.23 bits per heavy atom. The van der Waals surface area contributed by atoms with Crippen LogP contribution in [0, 0.1) is 5.92 Å². The summed E-state index contributed by atoms with van der Waals surface area (Å²) in [5.74, 6) is 2.49. The van der Waals surface area contributed by atoms with Crippen LogP contribution in [0.3, 0.4) is 0 Å². The Bertz CT molecular complexity index is 575. The summed E-state index contributed by atoms with van der Waals surface area (Å²) in [4.78, 5) is 21.0. The van der Waals surface area contributed by atoms with Gasteiger partial charge in [0.1, 0.15) is 5.76 Å². The first kappa shape index (κ1) is 18.8. The lowest BCUT2D eigenvalue weighted by molar-refractivity contribution is -0.139. The zero-order chi connectivity index (χ0) is 18.2. The molecule has 3 rings (SSSR count). The fourth-order valence-electron chi connectivity index (χ4n) is 3.42. The summed E-state index contributed by atoms with van der Waals surface area (Å²) in [6.45, 7) is 6.25. The fourth-order valence-corrected chi connectivity index (χ4v) is 3.42. The normalized spacial score (nSPS) is 19.3. The smallest absolute Gasteiger partial charge is 0.225 e. The molecule has 2 N–H and O–H groups in total. The maximum absolute atomic E-state index is 12.3. The second-order valence-electron chi connectivity index (χ2n) is 7.05. The second-order valence-corrected chi connectivity index (χ2v) is 7.05. The molecule has 0 bridgehead atoms. The summed E-state index contributed by atoms with van der Waals surface area (Å²) in [6.07, 6.45) is 5.94. The van der Waals surface area contributed by atoms with Crippen LogP contribution in [0.15, 0.2) is 27.8 Å². The second kappa shape index (κ2) is 9.62. The monoisotopic (exact) mass is 361 g/mol. The van der Waals surface area contributed by atoms with Gasteiger partial charge in [0.15, 0.2) is 5.96 Å². The Labute approximate surface area is 155 Å². The maximum Gasteiger partial charge on any atom is 0.225 e. The minimum absolute atomic E-state index is 0.318. The van der Waals surface area contributed by atoms with Crippen molar-refractivity contribution in [3.63, 3.8) is 0 Å². The molecule has 0 radical (unpaired) electrons. The van der Waals surface area contributed by atoms with Crippen LogP contribution in [0.5, 0.6) is 0 Å². The van der Waals surface area contributed by atoms with Gasteiger partial charge in [-0.3, -0.25) is 14.7 Å². The van der Waals surface area contributed by atoms with Gasteiger partial charge in [0, 0.05) is 65.2 Å². The average Bonchev–Trinajstić information content (AvgIpc) is 3.13. The van der Waals surface area contributed by atoms with Gasteiger partial charge in [-0.2, -0.15) is 0 Å². The average molecular weight is 361 g/mol. The molecular weight excluding hydrogens is 330 g/mol. The number of nitrogens with one attached hydrogen (secondary N) is 2. The molecule has 1 aromatic heterocycles. The van der Waals surface area contributed by atoms with Crippen molar-refractivity contribution in [3.8, 4) is 0 Å². The van der Waals surface area contributed by atoms with E-state index in [0.717, 1.165) is 76.8 Å². The molecule has 1 amide bonds. The molecule has 1 saturated heterocycles. The van der Waals surface area contributed by atoms with E-state index in [1.54, 1.807) is 13.3 Å². The van der Waals surface area contributed by atoms with Crippen LogP contribution in [0.2, 0.25) is 0 Å². The summed E-state index contributed by atoms with van der Waals surface area (Å²) >= 11 is 0. The van der Waals surface area contributed by atoms with Gasteiger partial charge >= 0.3 is 0 Å². The molecule has 0 unspecified atom stereocenters. The van der Waals surface area contributed by atoms with Crippen molar-refractivity contribution in [2.24, 2.45) is 10.9 Å². The van der Waals surface area contributed by atoms with Crippen LogP contribution in [-0.4, -0.2) is 74.5 Å². The van der Waals surface area contributed by atoms with Gasteiger partial charge in [0.2, 0.25) is 5.91 Å². The van der Waals surface area contributed by atoms with Crippen LogP contribution in [0.4, 0.5) is 0 Å². The molecule has 0 spiro atoms. The quantitative estimate of drug-likeness (QED) is 0.558. The number of guanidine groups is 1. The molecule has 0 atom stereocenters. The minimum atomic E-state index is 0.318. The first-order valence-corrected chi connectivity index (χ1v) is 9.74. The third-order valence-electron chi connectivity index (χ3n) is 5.33. The Hall–Kier alpha value is -2.02. The van der Waals surface area contributed by atoms with Crippen LogP contribution in [-0.2, 0) is 11.2 Å². The Morgan fingerprint density at radius 3 is 2.62 bits per heavy atom. The number of aliphatic imine (C=N–C) groups is 1. The molecule has 1 saturated carbocycles. The number of hydrogen-bond donors (Lipinski definition) is 2. The predicted molar refractivity (Wildman–Crippen MR) is 102 cm³/mol. The number of carbonyl (C=O) groups excluding carboxylic acids is 1. The van der Waals surface area contributed by atoms with Gasteiger partial charge in [0.25, 0.3) is 0 Å². The van der Waals surface area contributed by atoms with Gasteiger partial charge in [-0.05, 0) is 25.0 Å². The topological polar surface area (TPSA) is 73.1 Å². The lowest BCUT2D eigenvalue weighted by Crippen LogP contribution is -2.52. The highest BCUT2D eigenvalue weighted by Gasteiger charge is 2.30. The molecule has 2 fully saturated rings. The molecule has 7 heteroatoms. The summed E-state index contributed by atoms with van der Waals surface area (Å²) in [5, 5.41) is 6.65. The molecule has 1 aromatic rings. The van der Waals surface area contributed by atoms with E-state index in [-0.39, 0.29) is 0 Å². The van der Waals surface area contributed by atoms with E-state index >= 15 is 0 Å². The number of rotatable bonds is 7. The van der Waals surface area contributed by atoms with E-state index in [9.17, 15) is 4.79 Å². The van der Waals surface area contributed by atoms with E-state index in [0.29, 0.717) is 11.8 Å². The van der Waals surface area contributed by atoms with Crippen molar-refractivity contribution in [2.75, 3.05) is 52.9 Å². The summed E-state index contributed by atoms with van der Waals surface area (Å²) in [7, 11) is 1.78. The van der Waals surface area contributed by atoms with Crippen molar-refractivity contribution in [1.29, 1.82) is 0 Å². The zero-order valence-corrected chi connectivity index (χ0v) is 15.7. The standard InChI is InChI=1S/C19H31N5O2/c1-20-19(21-8-7-17-6-3-15-26-17)22-9-10-23-11-13-24(14-12-23)18(25)16-4-2-5-16/h3,6,15-16H,2,4-5,7-14H2,1H3,(H2,20,21,22). The van der Waals surface area contributed by atoms with Gasteiger partial charge in [0.05, 0.1) is 6.26 Å². The summed E-state index contributed by atoms with van der Waals surface area (Å²) in [6, 6.07) is 3.88. The van der Waals surface area contributed by atoms with Crippen LogP contribution in [0.25, 0.3) is 0 Å². The van der Waals surface area contributed by atoms with E-state index in [2.05, 4.69) is 25.4 Å². The van der Waals surface area contributed by atoms with Crippen molar-refractivity contribution in [3.05, 3.63) is 24.2 Å². The van der Waals surface area contributed by atoms with Crippen molar-refractivity contribution in [1.82, 2.24) is 20.4 Å². The summed E-state index contributed by atoms with van der Waals surface area (Å²) in [5.41, 5.74) is 0. The molecule has 7 nitrogen and oxygen atoms in total. The van der Waals surface area contributed by atoms with E-state index < -0.39 is 0 Å². The SMILES string of the molecule is CN=C(NCCc1ccco1)NCCN1CCN(C(=O)C2CCC2)CC1. The van der Waals surface area contributed by atoms with Gasteiger partial charge in [-0.1, -0.05) is 6.42 Å². The highest BCUT2D eigenvalue weighted by Crippen LogP contribution is 2.28. The van der Waals surface area contributed by atoms with E-state index in [1.165, 1.54) is 6.42 Å². The number of piperazine rings is 1. The zero-order valence-electron chi connectivity index (χ0n) is 15.7. The van der Waals surface area contributed by atoms with E-state index in [1.807, 2.05) is 12.1 Å². The molecule has 26 heavy (non-hydrogen) atoms. The third kappa shape index (κ3) is 5.24. The fraction of sp³-hybridized carbons (Fsp3) is 0.684. The Morgan fingerprint density at radius 2 is 2.00 bits per heavy atom. The minimum Gasteiger partial charge on any atom is -0.469 e. The molecule has 2 aliphatic rings. The van der Waals surface area contributed by atoms with Crippen molar-refractivity contribution >= 4 is 11.9 Å². The molecule has 1 aliphatic heterocycles. The molecule has 144 valence electrons. The van der Waals surface area contributed by atoms with Crippen LogP contribution in [0.1, 0.15) is 25.0 Å². The van der Waals surface area contributed by atoms with Gasteiger partial charge in [-0.15, -0.1) is 0 Å². The molecule has 2 heterocycles. The van der Waals surface area contributed by atoms with Crippen LogP contribution >= 0.6 is 0 Å². The molecule has 0 aromatic carbocycles.